The van der Waals surface area contributed by atoms with Crippen LogP contribution in [0.1, 0.15) is 66.8 Å². The van der Waals surface area contributed by atoms with Crippen LogP contribution in [-0.2, 0) is 10.8 Å². The van der Waals surface area contributed by atoms with Crippen molar-refractivity contribution in [1.82, 2.24) is 0 Å². The number of furan rings is 2. The molecule has 2 atom stereocenters. The van der Waals surface area contributed by atoms with Crippen LogP contribution in [0.5, 0.6) is 23.0 Å². The zero-order valence-corrected chi connectivity index (χ0v) is 61.3. The molecular weight excluding hydrogens is 1380 g/mol. The fourth-order valence-electron chi connectivity index (χ4n) is 17.5. The molecule has 2 aliphatic rings. The van der Waals surface area contributed by atoms with Crippen molar-refractivity contribution in [2.45, 2.75) is 24.7 Å². The summed E-state index contributed by atoms with van der Waals surface area (Å²) in [5.74, 6) is 2.28. The fraction of sp³-hybridized carbons (Fsp3) is 0.0385. The lowest BCUT2D eigenvalue weighted by atomic mass is 9.67. The van der Waals surface area contributed by atoms with E-state index < -0.39 is 10.8 Å². The lowest BCUT2D eigenvalue weighted by Gasteiger charge is -2.35. The Morgan fingerprint density at radius 1 is 0.286 bits per heavy atom. The summed E-state index contributed by atoms with van der Waals surface area (Å²) in [4.78, 5) is 4.67. The number of hydrogen-bond acceptors (Lipinski definition) is 6. The maximum Gasteiger partial charge on any atom is 0.135 e. The summed E-state index contributed by atoms with van der Waals surface area (Å²) in [6.07, 6.45) is 3.63. The van der Waals surface area contributed by atoms with E-state index in [-0.39, 0.29) is 11.6 Å². The highest BCUT2D eigenvalue weighted by atomic mass is 19.1. The van der Waals surface area contributed by atoms with E-state index in [2.05, 4.69) is 241 Å². The van der Waals surface area contributed by atoms with Crippen molar-refractivity contribution in [2.75, 3.05) is 9.80 Å². The minimum Gasteiger partial charge on any atom is -0.457 e. The van der Waals surface area contributed by atoms with Gasteiger partial charge >= 0.3 is 0 Å². The third-order valence-electron chi connectivity index (χ3n) is 22.9. The van der Waals surface area contributed by atoms with E-state index in [4.69, 9.17) is 18.3 Å². The maximum absolute atomic E-state index is 15.7. The molecule has 0 aliphatic heterocycles. The summed E-state index contributed by atoms with van der Waals surface area (Å²) in [5, 5.41) is 4.05. The summed E-state index contributed by atoms with van der Waals surface area (Å²) in [7, 11) is 0. The van der Waals surface area contributed by atoms with Crippen molar-refractivity contribution in [3.05, 3.63) is 443 Å². The highest BCUT2D eigenvalue weighted by Gasteiger charge is 2.49. The van der Waals surface area contributed by atoms with Gasteiger partial charge in [-0.05, 0) is 272 Å². The first-order valence-corrected chi connectivity index (χ1v) is 37.7. The lowest BCUT2D eigenvalue weighted by molar-refractivity contribution is 0.482. The molecule has 112 heavy (non-hydrogen) atoms. The molecule has 0 amide bonds. The molecule has 6 nitrogen and oxygen atoms in total. The minimum absolute atomic E-state index is 0.264. The van der Waals surface area contributed by atoms with Gasteiger partial charge in [-0.1, -0.05) is 219 Å². The molecule has 0 radical (unpaired) electrons. The van der Waals surface area contributed by atoms with Crippen LogP contribution in [0.25, 0.3) is 89.4 Å². The molecule has 18 aromatic rings. The smallest absolute Gasteiger partial charge is 0.135 e. The fourth-order valence-corrected chi connectivity index (χ4v) is 17.5. The minimum atomic E-state index is -0.892. The van der Waals surface area contributed by atoms with Gasteiger partial charge in [-0.15, -0.1) is 0 Å². The predicted octanol–water partition coefficient (Wildman–Crippen LogP) is 28.6. The van der Waals surface area contributed by atoms with Gasteiger partial charge in [-0.3, -0.25) is 0 Å². The van der Waals surface area contributed by atoms with Gasteiger partial charge in [0, 0.05) is 55.7 Å². The number of anilines is 6. The standard InChI is InChI=1S/C104H70F2N2O4/c1-5-67-23-45-81(46-24-67)109-83-49-31-71(32-50-83)103(73-35-55-97(105)65(3)59-73)93-19-11-7-15-85(93)87-53-41-79(63-95(87)103)107(77-43-57-101-91(61-77)89-17-9-13-21-99(89)111-101)75-37-27-69(28-38-75)70-29-39-76(40-30-70)108(78-44-58-102-92(62-78)90-18-10-14-22-100(90)112-102)80-42-54-88-86-16-8-12-20-94(86)104(96(88)64-80,74-36-56-98(106)66(4)60-74)72-33-51-84(52-34-72)110-82-47-25-68(6-2)26-48-82/h5-64H,1-2H2,3-4H3. The van der Waals surface area contributed by atoms with E-state index >= 15 is 8.78 Å². The highest BCUT2D eigenvalue weighted by molar-refractivity contribution is 6.08. The Balaban J connectivity index is 0.710. The largest absolute Gasteiger partial charge is 0.457 e. The van der Waals surface area contributed by atoms with Crippen LogP contribution in [0.15, 0.2) is 374 Å². The number of hydrogen-bond donors (Lipinski definition) is 0. The predicted molar refractivity (Wildman–Crippen MR) is 453 cm³/mol. The zero-order chi connectivity index (χ0) is 75.3. The third kappa shape index (κ3) is 11.0. The van der Waals surface area contributed by atoms with Crippen LogP contribution < -0.4 is 19.3 Å². The molecule has 0 bridgehead atoms. The Bertz CT molecular complexity index is 6370. The molecule has 0 N–H and O–H groups in total. The van der Waals surface area contributed by atoms with Gasteiger partial charge in [0.15, 0.2) is 0 Å². The number of benzene rings is 16. The molecule has 0 fully saturated rings. The van der Waals surface area contributed by atoms with Crippen molar-refractivity contribution < 1.29 is 27.1 Å². The molecule has 2 aromatic heterocycles. The van der Waals surface area contributed by atoms with Gasteiger partial charge < -0.3 is 28.1 Å². The lowest BCUT2D eigenvalue weighted by Crippen LogP contribution is -2.29. The highest BCUT2D eigenvalue weighted by Crippen LogP contribution is 2.60. The molecule has 534 valence electrons. The summed E-state index contributed by atoms with van der Waals surface area (Å²) >= 11 is 0. The number of para-hydroxylation sites is 2. The molecule has 0 spiro atoms. The van der Waals surface area contributed by atoms with Gasteiger partial charge in [0.05, 0.1) is 10.8 Å². The first-order valence-electron chi connectivity index (χ1n) is 37.7. The zero-order valence-electron chi connectivity index (χ0n) is 61.3. The Labute approximate surface area is 647 Å². The molecule has 0 saturated heterocycles. The number of fused-ring (bicyclic) bond motifs is 12. The second-order valence-electron chi connectivity index (χ2n) is 29.1. The maximum atomic E-state index is 15.7. The van der Waals surface area contributed by atoms with Gasteiger partial charge in [-0.25, -0.2) is 8.78 Å². The number of halogens is 2. The number of ether oxygens (including phenoxy) is 2. The SMILES string of the molecule is C=Cc1ccc(Oc2ccc(C3(c4ccc(F)c(C)c4)c4ccccc4-c4ccc(N(c5ccc(-c6ccc(N(c7ccc8c(c7)C(c7ccc(Oc9ccc(C=C)cc9)cc7)(c7ccc(F)c(C)c7)c7ccccc7-8)c7ccc8oc9ccccc9c8c7)cc6)cc5)c5ccc6oc7ccccc7c6c5)cc43)cc2)cc1. The van der Waals surface area contributed by atoms with Gasteiger partial charge in [0.2, 0.25) is 0 Å². The third-order valence-corrected chi connectivity index (χ3v) is 22.9. The van der Waals surface area contributed by atoms with E-state index in [9.17, 15) is 0 Å². The Hall–Kier alpha value is -14.3. The second kappa shape index (κ2) is 26.8. The molecule has 20 rings (SSSR count). The second-order valence-corrected chi connectivity index (χ2v) is 29.1. The Kier molecular flexibility index (Phi) is 16.0. The van der Waals surface area contributed by atoms with Gasteiger partial charge in [0.25, 0.3) is 0 Å². The topological polar surface area (TPSA) is 51.2 Å². The summed E-state index contributed by atoms with van der Waals surface area (Å²) in [6, 6.07) is 121. The molecule has 0 saturated carbocycles. The van der Waals surface area contributed by atoms with Crippen molar-refractivity contribution in [3.63, 3.8) is 0 Å². The first-order chi connectivity index (χ1) is 55.0. The molecular formula is C104H70F2N2O4. The molecule has 2 unspecified atom stereocenters. The normalized spacial score (nSPS) is 14.6. The van der Waals surface area contributed by atoms with Gasteiger partial charge in [0.1, 0.15) is 57.0 Å². The summed E-state index contributed by atoms with van der Waals surface area (Å²) in [5.41, 5.74) is 24.8. The number of rotatable bonds is 17. The van der Waals surface area contributed by atoms with Gasteiger partial charge in [-0.2, -0.15) is 0 Å². The van der Waals surface area contributed by atoms with Crippen molar-refractivity contribution in [2.24, 2.45) is 0 Å². The summed E-state index contributed by atoms with van der Waals surface area (Å²) in [6.45, 7) is 11.5. The van der Waals surface area contributed by atoms with E-state index in [0.29, 0.717) is 34.1 Å². The van der Waals surface area contributed by atoms with E-state index in [0.717, 1.165) is 167 Å². The number of aryl methyl sites for hydroxylation is 2. The molecule has 2 heterocycles. The Morgan fingerprint density at radius 3 is 1.00 bits per heavy atom. The quantitative estimate of drug-likeness (QED) is 0.0906. The van der Waals surface area contributed by atoms with Crippen LogP contribution in [0, 0.1) is 25.5 Å². The van der Waals surface area contributed by atoms with Crippen molar-refractivity contribution >= 4 is 90.2 Å². The van der Waals surface area contributed by atoms with E-state index in [1.807, 2.05) is 147 Å². The van der Waals surface area contributed by atoms with Crippen LogP contribution in [0.3, 0.4) is 0 Å². The van der Waals surface area contributed by atoms with Crippen molar-refractivity contribution in [3.8, 4) is 56.4 Å². The van der Waals surface area contributed by atoms with Crippen LogP contribution >= 0.6 is 0 Å². The monoisotopic (exact) mass is 1450 g/mol. The molecule has 2 aliphatic carbocycles. The van der Waals surface area contributed by atoms with E-state index in [1.165, 1.54) is 0 Å². The molecule has 16 aromatic carbocycles. The number of nitrogens with zero attached hydrogens (tertiary/aromatic N) is 2. The summed E-state index contributed by atoms with van der Waals surface area (Å²) < 4.78 is 57.4. The van der Waals surface area contributed by atoms with Crippen molar-refractivity contribution in [1.29, 1.82) is 0 Å². The van der Waals surface area contributed by atoms with Crippen LogP contribution in [0.2, 0.25) is 0 Å². The molecule has 8 heteroatoms. The van der Waals surface area contributed by atoms with Crippen LogP contribution in [0.4, 0.5) is 42.9 Å². The average Bonchev–Trinajstić information content (AvgIpc) is 1.53. The van der Waals surface area contributed by atoms with Crippen LogP contribution in [-0.4, -0.2) is 0 Å². The first kappa shape index (κ1) is 67.0. The van der Waals surface area contributed by atoms with E-state index in [1.54, 1.807) is 12.1 Å². The average molecular weight is 1450 g/mol. The Morgan fingerprint density at radius 2 is 0.607 bits per heavy atom.